The summed E-state index contributed by atoms with van der Waals surface area (Å²) >= 11 is 0. The third kappa shape index (κ3) is 8.22. The van der Waals surface area contributed by atoms with Crippen LogP contribution >= 0.6 is 0 Å². The third-order valence-corrected chi connectivity index (χ3v) is 6.40. The number of pyridine rings is 2. The molecule has 0 bridgehead atoms. The summed E-state index contributed by atoms with van der Waals surface area (Å²) in [6, 6.07) is 18.6. The number of carbonyl (C=O) groups is 2. The minimum Gasteiger partial charge on any atom is -0.870 e. The maximum Gasteiger partial charge on any atom is 1.00 e. The molecule has 4 aromatic heterocycles. The Kier molecular flexibility index (Phi) is 11.8. The fourth-order valence-corrected chi connectivity index (χ4v) is 4.21. The molecule has 0 atom stereocenters. The minimum atomic E-state index is -4.61. The zero-order chi connectivity index (χ0) is 31.8. The zero-order valence-corrected chi connectivity index (χ0v) is 23.7. The number of benzene rings is 2. The fourth-order valence-electron chi connectivity index (χ4n) is 4.21. The number of ketones is 1. The Morgan fingerprint density at radius 1 is 0.596 bits per heavy atom. The minimum absolute atomic E-state index is 0. The number of nitrogens with zero attached hydrogens (tertiary/aromatic N) is 6. The van der Waals surface area contributed by atoms with Gasteiger partial charge in [0.05, 0.1) is 5.56 Å². The first-order chi connectivity index (χ1) is 20.7. The summed E-state index contributed by atoms with van der Waals surface area (Å²) in [4.78, 5) is 22.0. The van der Waals surface area contributed by atoms with Crippen molar-refractivity contribution in [3.8, 4) is 22.3 Å². The number of hydrogen-bond donors (Lipinski definition) is 1. The summed E-state index contributed by atoms with van der Waals surface area (Å²) < 4.78 is 78.9. The van der Waals surface area contributed by atoms with Crippen LogP contribution in [0.4, 0.5) is 26.3 Å². The molecule has 0 saturated heterocycles. The van der Waals surface area contributed by atoms with Gasteiger partial charge in [-0.3, -0.25) is 13.6 Å². The van der Waals surface area contributed by atoms with Crippen molar-refractivity contribution in [1.82, 2.24) is 29.2 Å². The molecule has 0 unspecified atom stereocenters. The van der Waals surface area contributed by atoms with Gasteiger partial charge in [-0.2, -0.15) is 26.3 Å². The van der Waals surface area contributed by atoms with Crippen LogP contribution in [0, 0.1) is 0 Å². The van der Waals surface area contributed by atoms with E-state index in [1.807, 2.05) is 0 Å². The van der Waals surface area contributed by atoms with Crippen molar-refractivity contribution in [1.29, 1.82) is 0 Å². The Bertz CT molecular complexity index is 1860. The van der Waals surface area contributed by atoms with Gasteiger partial charge in [-0.25, -0.2) is 4.79 Å². The number of fused-ring (bicyclic) bond motifs is 2. The monoisotopic (exact) mass is 652 g/mol. The molecule has 240 valence electrons. The van der Waals surface area contributed by atoms with E-state index < -0.39 is 30.0 Å². The molecule has 6 rings (SSSR count). The van der Waals surface area contributed by atoms with Gasteiger partial charge >= 0.3 is 37.2 Å². The molecule has 0 aliphatic carbocycles. The second-order valence-electron chi connectivity index (χ2n) is 9.35. The smallest absolute Gasteiger partial charge is 0.870 e. The quantitative estimate of drug-likeness (QED) is 0.170. The van der Waals surface area contributed by atoms with Crippen molar-refractivity contribution in [3.05, 3.63) is 108 Å². The molecule has 0 spiro atoms. The van der Waals surface area contributed by atoms with Crippen LogP contribution in [0.15, 0.2) is 85.2 Å². The largest absolute Gasteiger partial charge is 1.00 e. The van der Waals surface area contributed by atoms with Crippen LogP contribution in [0.3, 0.4) is 0 Å². The van der Waals surface area contributed by atoms with Crippen LogP contribution in [0.5, 0.6) is 0 Å². The number of alkyl halides is 6. The van der Waals surface area contributed by atoms with E-state index in [1.54, 1.807) is 36.4 Å². The van der Waals surface area contributed by atoms with E-state index in [1.165, 1.54) is 55.7 Å². The first-order valence-corrected chi connectivity index (χ1v) is 12.5. The first kappa shape index (κ1) is 38.1. The number of Topliss-reactive ketones (excluding diaryl/α,β-unsaturated/α-hetero) is 1. The van der Waals surface area contributed by atoms with Crippen LogP contribution in [0.25, 0.3) is 33.5 Å². The fraction of sp³-hybridized carbons (Fsp3) is 0.133. The van der Waals surface area contributed by atoms with E-state index in [0.29, 0.717) is 27.8 Å². The van der Waals surface area contributed by atoms with Gasteiger partial charge in [0, 0.05) is 18.0 Å². The number of hydrogen-bond acceptors (Lipinski definition) is 7. The van der Waals surface area contributed by atoms with Gasteiger partial charge in [0.1, 0.15) is 0 Å². The number of carboxylic acid groups (broad SMARTS) is 1. The maximum absolute atomic E-state index is 12.9. The third-order valence-electron chi connectivity index (χ3n) is 6.40. The Morgan fingerprint density at radius 2 is 0.936 bits per heavy atom. The summed E-state index contributed by atoms with van der Waals surface area (Å²) in [7, 11) is 0. The predicted molar refractivity (Wildman–Crippen MR) is 152 cm³/mol. The Balaban J connectivity index is 0.000000307. The number of aromatic carboxylic acids is 1. The maximum atomic E-state index is 12.9. The van der Waals surface area contributed by atoms with Gasteiger partial charge in [-0.1, -0.05) is 43.8 Å². The number of carboxylic acids is 1. The average molecular weight is 652 g/mol. The summed E-state index contributed by atoms with van der Waals surface area (Å²) in [5.41, 5.74) is 3.22. The van der Waals surface area contributed by atoms with E-state index in [4.69, 9.17) is 5.11 Å². The molecule has 6 aromatic rings. The van der Waals surface area contributed by atoms with Crippen molar-refractivity contribution < 1.29 is 65.4 Å². The molecule has 0 amide bonds. The molecule has 0 aliphatic rings. The number of rotatable bonds is 4. The van der Waals surface area contributed by atoms with E-state index in [9.17, 15) is 35.9 Å². The first-order valence-electron chi connectivity index (χ1n) is 12.5. The predicted octanol–water partition coefficient (Wildman–Crippen LogP) is 4.19. The Hall–Kier alpha value is -5.04. The van der Waals surface area contributed by atoms with Gasteiger partial charge < -0.3 is 10.6 Å². The molecule has 0 saturated carbocycles. The number of carbonyl (C=O) groups excluding carboxylic acids is 1. The second-order valence-corrected chi connectivity index (χ2v) is 9.35. The molecule has 0 radical (unpaired) electrons. The molecule has 0 fully saturated rings. The van der Waals surface area contributed by atoms with Crippen molar-refractivity contribution in [3.63, 3.8) is 0 Å². The molecular weight excluding hydrogens is 629 g/mol. The van der Waals surface area contributed by atoms with Crippen molar-refractivity contribution >= 4 is 23.0 Å². The topological polar surface area (TPSA) is 145 Å². The SMILES string of the molecule is C.CC(=O)c1ccc(-c2ccc3nnc(C(F)(F)F)n3c2)cc1.O=C(O)c1ccc(-c2ccc3nnc(C(F)(F)F)n3c2)cc1.[Li+].[OH-]. The van der Waals surface area contributed by atoms with E-state index >= 15 is 0 Å². The average Bonchev–Trinajstić information content (AvgIpc) is 3.61. The van der Waals surface area contributed by atoms with Gasteiger partial charge in [-0.05, 0) is 65.6 Å². The normalized spacial score (nSPS) is 11.0. The molecular formula is C30H23F6LiN6O4. The van der Waals surface area contributed by atoms with Crippen molar-refractivity contribution in [2.24, 2.45) is 0 Å². The van der Waals surface area contributed by atoms with Crippen LogP contribution in [-0.2, 0) is 12.4 Å². The van der Waals surface area contributed by atoms with Crippen molar-refractivity contribution in [2.75, 3.05) is 0 Å². The van der Waals surface area contributed by atoms with Gasteiger partial charge in [-0.15, -0.1) is 20.4 Å². The van der Waals surface area contributed by atoms with Gasteiger partial charge in [0.25, 0.3) is 0 Å². The van der Waals surface area contributed by atoms with Gasteiger partial charge in [0.15, 0.2) is 17.1 Å². The number of halogens is 6. The van der Waals surface area contributed by atoms with Crippen LogP contribution in [0.1, 0.15) is 46.7 Å². The van der Waals surface area contributed by atoms with Gasteiger partial charge in [0.2, 0.25) is 11.6 Å². The van der Waals surface area contributed by atoms with Crippen LogP contribution in [0.2, 0.25) is 0 Å². The zero-order valence-electron chi connectivity index (χ0n) is 23.7. The van der Waals surface area contributed by atoms with Crippen LogP contribution < -0.4 is 18.9 Å². The standard InChI is InChI=1S/C15H10F3N3O.C14H8F3N3O2.CH4.Li.H2O/c1-9(22)10-2-4-11(5-3-10)12-6-7-13-19-20-14(15(16,17)18)21(13)8-12;15-14(16,17)13-19-18-11-6-5-10(7-20(11)13)8-1-3-9(4-2-8)12(21)22;;;/h2-8H,1H3;1-7H,(H,21,22);1H4;;1H2/q;;;+1;/p-1. The molecule has 2 aromatic carbocycles. The van der Waals surface area contributed by atoms with Crippen LogP contribution in [-0.4, -0.2) is 51.5 Å². The number of aromatic nitrogens is 6. The molecule has 2 N–H and O–H groups in total. The summed E-state index contributed by atoms with van der Waals surface area (Å²) in [5.74, 6) is -3.31. The molecule has 47 heavy (non-hydrogen) atoms. The van der Waals surface area contributed by atoms with E-state index in [2.05, 4.69) is 20.4 Å². The summed E-state index contributed by atoms with van der Waals surface area (Å²) in [5, 5.41) is 22.1. The summed E-state index contributed by atoms with van der Waals surface area (Å²) in [6.07, 6.45) is -6.57. The Labute approximate surface area is 274 Å². The second kappa shape index (κ2) is 14.6. The molecule has 17 heteroatoms. The summed E-state index contributed by atoms with van der Waals surface area (Å²) in [6.45, 7) is 1.45. The van der Waals surface area contributed by atoms with E-state index in [0.717, 1.165) is 8.80 Å². The molecule has 0 aliphatic heterocycles. The molecule has 10 nitrogen and oxygen atoms in total. The van der Waals surface area contributed by atoms with Crippen molar-refractivity contribution in [2.45, 2.75) is 26.7 Å². The van der Waals surface area contributed by atoms with E-state index in [-0.39, 0.29) is 54.4 Å². The molecule has 4 heterocycles. The Morgan fingerprint density at radius 3 is 1.26 bits per heavy atom.